The molecule has 0 radical (unpaired) electrons. The Morgan fingerprint density at radius 1 is 0.362 bits per heavy atom. The Balaban J connectivity index is 0.895. The molecule has 0 spiro atoms. The molecule has 2 heterocycles. The minimum Gasteiger partial charge on any atom is -0.310 e. The molecular formula is C54H38N2S2. The number of hydrogen-bond donors (Lipinski definition) is 0. The molecule has 0 amide bonds. The molecule has 4 heteroatoms. The van der Waals surface area contributed by atoms with E-state index in [1.807, 2.05) is 23.1 Å². The quantitative estimate of drug-likeness (QED) is 0.152. The van der Waals surface area contributed by atoms with Gasteiger partial charge in [-0.25, -0.2) is 0 Å². The van der Waals surface area contributed by atoms with Crippen molar-refractivity contribution in [2.24, 2.45) is 0 Å². The van der Waals surface area contributed by atoms with Crippen LogP contribution in [0.3, 0.4) is 0 Å². The van der Waals surface area contributed by atoms with Gasteiger partial charge in [-0.3, -0.25) is 0 Å². The summed E-state index contributed by atoms with van der Waals surface area (Å²) in [6.07, 6.45) is 9.06. The highest BCUT2D eigenvalue weighted by atomic mass is 32.2. The van der Waals surface area contributed by atoms with Crippen LogP contribution in [-0.4, -0.2) is 5.25 Å². The number of anilines is 6. The van der Waals surface area contributed by atoms with E-state index in [0.29, 0.717) is 11.2 Å². The van der Waals surface area contributed by atoms with Crippen LogP contribution in [0.25, 0.3) is 42.4 Å². The number of benzene rings is 8. The minimum atomic E-state index is 0.415. The van der Waals surface area contributed by atoms with E-state index >= 15 is 0 Å². The lowest BCUT2D eigenvalue weighted by Gasteiger charge is -2.26. The molecule has 0 N–H and O–H groups in total. The van der Waals surface area contributed by atoms with Crippen molar-refractivity contribution in [2.45, 2.75) is 16.1 Å². The van der Waals surface area contributed by atoms with E-state index < -0.39 is 0 Å². The molecule has 1 aromatic heterocycles. The molecule has 0 saturated heterocycles. The van der Waals surface area contributed by atoms with Crippen LogP contribution in [0, 0.1) is 0 Å². The van der Waals surface area contributed by atoms with Gasteiger partial charge in [-0.1, -0.05) is 121 Å². The van der Waals surface area contributed by atoms with Gasteiger partial charge in [0.15, 0.2) is 0 Å². The van der Waals surface area contributed by atoms with Crippen LogP contribution in [0.15, 0.2) is 223 Å². The maximum Gasteiger partial charge on any atom is 0.0468 e. The van der Waals surface area contributed by atoms with Crippen LogP contribution in [0.4, 0.5) is 34.1 Å². The van der Waals surface area contributed by atoms with Crippen molar-refractivity contribution in [3.63, 3.8) is 0 Å². The summed E-state index contributed by atoms with van der Waals surface area (Å²) in [6.45, 7) is 0. The van der Waals surface area contributed by atoms with Gasteiger partial charge in [0.2, 0.25) is 0 Å². The second-order valence-corrected chi connectivity index (χ2v) is 17.2. The van der Waals surface area contributed by atoms with Gasteiger partial charge in [0.1, 0.15) is 0 Å². The van der Waals surface area contributed by atoms with E-state index in [1.54, 1.807) is 0 Å². The molecule has 276 valence electrons. The third-order valence-electron chi connectivity index (χ3n) is 11.4. The van der Waals surface area contributed by atoms with E-state index in [4.69, 9.17) is 0 Å². The number of thiophene rings is 1. The second kappa shape index (κ2) is 14.7. The molecule has 58 heavy (non-hydrogen) atoms. The molecule has 2 aliphatic rings. The minimum absolute atomic E-state index is 0.415. The Morgan fingerprint density at radius 2 is 0.897 bits per heavy atom. The average Bonchev–Trinajstić information content (AvgIpc) is 3.86. The van der Waals surface area contributed by atoms with Gasteiger partial charge in [0.05, 0.1) is 0 Å². The van der Waals surface area contributed by atoms with Crippen LogP contribution in [-0.2, 0) is 0 Å². The van der Waals surface area contributed by atoms with E-state index in [9.17, 15) is 0 Å². The van der Waals surface area contributed by atoms with Crippen LogP contribution in [0.2, 0.25) is 0 Å². The van der Waals surface area contributed by atoms with Gasteiger partial charge >= 0.3 is 0 Å². The molecular weight excluding hydrogens is 741 g/mol. The molecule has 8 aromatic carbocycles. The summed E-state index contributed by atoms with van der Waals surface area (Å²) in [7, 11) is 0. The predicted molar refractivity (Wildman–Crippen MR) is 250 cm³/mol. The summed E-state index contributed by atoms with van der Waals surface area (Å²) in [5.41, 5.74) is 13.0. The number of allylic oxidation sites excluding steroid dienone is 3. The maximum atomic E-state index is 2.40. The molecule has 9 aromatic rings. The largest absolute Gasteiger partial charge is 0.310 e. The van der Waals surface area contributed by atoms with Crippen LogP contribution in [0.5, 0.6) is 0 Å². The average molecular weight is 779 g/mol. The first kappa shape index (κ1) is 34.6. The Labute approximate surface area is 347 Å². The number of thioether (sulfide) groups is 1. The first-order chi connectivity index (χ1) is 28.7. The second-order valence-electron chi connectivity index (χ2n) is 14.9. The Kier molecular flexibility index (Phi) is 8.80. The van der Waals surface area contributed by atoms with Gasteiger partial charge in [0, 0.05) is 70.4 Å². The topological polar surface area (TPSA) is 6.48 Å². The first-order valence-corrected chi connectivity index (χ1v) is 21.5. The van der Waals surface area contributed by atoms with Crippen molar-refractivity contribution in [1.82, 2.24) is 0 Å². The van der Waals surface area contributed by atoms with Crippen LogP contribution >= 0.6 is 23.1 Å². The molecule has 1 aliphatic heterocycles. The Bertz CT molecular complexity index is 2980. The fourth-order valence-corrected chi connectivity index (χ4v) is 11.0. The fraction of sp³-hybridized carbons (Fsp3) is 0.0370. The van der Waals surface area contributed by atoms with Gasteiger partial charge in [-0.15, -0.1) is 23.1 Å². The zero-order valence-corrected chi connectivity index (χ0v) is 33.3. The highest BCUT2D eigenvalue weighted by Gasteiger charge is 2.31. The maximum absolute atomic E-state index is 2.40. The lowest BCUT2D eigenvalue weighted by atomic mass is 9.92. The predicted octanol–water partition coefficient (Wildman–Crippen LogP) is 16.0. The van der Waals surface area contributed by atoms with E-state index in [0.717, 1.165) is 28.4 Å². The zero-order valence-electron chi connectivity index (χ0n) is 31.7. The van der Waals surface area contributed by atoms with Crippen molar-refractivity contribution in [3.8, 4) is 22.3 Å². The van der Waals surface area contributed by atoms with Crippen molar-refractivity contribution in [1.29, 1.82) is 0 Å². The molecule has 11 rings (SSSR count). The summed E-state index contributed by atoms with van der Waals surface area (Å²) in [4.78, 5) is 6.11. The molecule has 1 aliphatic carbocycles. The van der Waals surface area contributed by atoms with Gasteiger partial charge in [-0.2, -0.15) is 0 Å². The van der Waals surface area contributed by atoms with Gasteiger partial charge in [-0.05, 0) is 125 Å². The zero-order chi connectivity index (χ0) is 38.4. The number of hydrogen-bond acceptors (Lipinski definition) is 4. The van der Waals surface area contributed by atoms with Crippen molar-refractivity contribution >= 4 is 77.4 Å². The number of fused-ring (bicyclic) bond motifs is 6. The molecule has 2 nitrogen and oxygen atoms in total. The SMILES string of the molecule is C1=CC2Sc3ccc(N(c4ccccc4)c4ccc(-c5cccc(-c6ccc(N(c7ccccc7)c7ccc8sc9ccccc9c8c7)cc6)c5)cc4)cc3C2C=C1. The lowest BCUT2D eigenvalue weighted by Crippen LogP contribution is -2.11. The summed E-state index contributed by atoms with van der Waals surface area (Å²) in [6, 6.07) is 70.8. The van der Waals surface area contributed by atoms with Crippen molar-refractivity contribution < 1.29 is 0 Å². The standard InChI is InChI=1S/C54H38N2S2/c1-3-14-41(15-4-1)55(45-30-32-53-49(35-45)47-18-7-9-20-51(47)57-53)43-26-22-37(23-27-43)39-12-11-13-40(34-39)38-24-28-44(29-25-38)56(42-16-5-2-6-17-42)46-31-33-54-50(36-46)48-19-8-10-21-52(48)58-54/h1-36,47,51H. The van der Waals surface area contributed by atoms with E-state index in [2.05, 4.69) is 228 Å². The normalized spacial score (nSPS) is 15.4. The molecule has 2 atom stereocenters. The van der Waals surface area contributed by atoms with Gasteiger partial charge in [0.25, 0.3) is 0 Å². The highest BCUT2D eigenvalue weighted by molar-refractivity contribution is 8.00. The van der Waals surface area contributed by atoms with Crippen LogP contribution < -0.4 is 9.80 Å². The lowest BCUT2D eigenvalue weighted by molar-refractivity contribution is 0.880. The van der Waals surface area contributed by atoms with E-state index in [1.165, 1.54) is 58.6 Å². The summed E-state index contributed by atoms with van der Waals surface area (Å²) < 4.78 is 2.63. The summed E-state index contributed by atoms with van der Waals surface area (Å²) >= 11 is 3.83. The fourth-order valence-electron chi connectivity index (χ4n) is 8.56. The molecule has 0 bridgehead atoms. The molecule has 0 saturated carbocycles. The highest BCUT2D eigenvalue weighted by Crippen LogP contribution is 2.50. The first-order valence-electron chi connectivity index (χ1n) is 19.8. The number of nitrogens with zero attached hydrogens (tertiary/aromatic N) is 2. The Hall–Kier alpha value is -6.59. The summed E-state index contributed by atoms with van der Waals surface area (Å²) in [5.74, 6) is 0.415. The Morgan fingerprint density at radius 3 is 1.57 bits per heavy atom. The summed E-state index contributed by atoms with van der Waals surface area (Å²) in [5, 5.41) is 3.08. The van der Waals surface area contributed by atoms with Gasteiger partial charge < -0.3 is 9.80 Å². The monoisotopic (exact) mass is 778 g/mol. The third kappa shape index (κ3) is 6.32. The molecule has 2 unspecified atom stereocenters. The van der Waals surface area contributed by atoms with Crippen LogP contribution in [0.1, 0.15) is 11.5 Å². The van der Waals surface area contributed by atoms with Crippen molar-refractivity contribution in [2.75, 3.05) is 9.80 Å². The number of para-hydroxylation sites is 2. The van der Waals surface area contributed by atoms with E-state index in [-0.39, 0.29) is 0 Å². The van der Waals surface area contributed by atoms with Crippen molar-refractivity contribution in [3.05, 3.63) is 224 Å². The third-order valence-corrected chi connectivity index (χ3v) is 13.9. The molecule has 0 fully saturated rings. The smallest absolute Gasteiger partial charge is 0.0468 e. The number of rotatable bonds is 8.